The normalized spacial score (nSPS) is 16.6. The van der Waals surface area contributed by atoms with Gasteiger partial charge in [-0.15, -0.1) is 13.2 Å². The van der Waals surface area contributed by atoms with E-state index in [2.05, 4.69) is 51.0 Å². The van der Waals surface area contributed by atoms with Crippen molar-refractivity contribution in [3.8, 4) is 5.75 Å². The summed E-state index contributed by atoms with van der Waals surface area (Å²) >= 11 is 0. The minimum atomic E-state index is -4.71. The average Bonchev–Trinajstić information content (AvgIpc) is 3.46. The van der Waals surface area contributed by atoms with Crippen LogP contribution in [0.5, 0.6) is 5.75 Å². The van der Waals surface area contributed by atoms with Gasteiger partial charge in [-0.05, 0) is 79.4 Å². The monoisotopic (exact) mass is 620 g/mol. The molecule has 1 aromatic heterocycles. The quantitative estimate of drug-likeness (QED) is 0.273. The number of piperidine rings is 1. The van der Waals surface area contributed by atoms with Gasteiger partial charge in [-0.25, -0.2) is 0 Å². The highest BCUT2D eigenvalue weighted by Gasteiger charge is 2.31. The molecule has 11 heteroatoms. The fraction of sp³-hybridized carbons (Fsp3) is 0.353. The van der Waals surface area contributed by atoms with Gasteiger partial charge in [-0.2, -0.15) is 0 Å². The molecule has 0 spiro atoms. The summed E-state index contributed by atoms with van der Waals surface area (Å²) in [6.45, 7) is 6.93. The summed E-state index contributed by atoms with van der Waals surface area (Å²) in [4.78, 5) is 32.7. The van der Waals surface area contributed by atoms with Crippen molar-refractivity contribution in [2.24, 2.45) is 0 Å². The predicted octanol–water partition coefficient (Wildman–Crippen LogP) is 6.00. The van der Waals surface area contributed by atoms with E-state index in [9.17, 15) is 22.8 Å². The van der Waals surface area contributed by atoms with Gasteiger partial charge in [0, 0.05) is 68.5 Å². The SMILES string of the molecule is Cc1cccc(N2CCN(C(=O)c3ccc4oc(C(=O)NC5CCN(Cc6ccc(OC(F)(F)F)cc6)CC5)cc4c3)CC2)c1. The number of hydrogen-bond acceptors (Lipinski definition) is 6. The van der Waals surface area contributed by atoms with E-state index >= 15 is 0 Å². The molecule has 0 radical (unpaired) electrons. The van der Waals surface area contributed by atoms with E-state index in [1.807, 2.05) is 4.90 Å². The maximum absolute atomic E-state index is 13.3. The zero-order valence-corrected chi connectivity index (χ0v) is 25.0. The van der Waals surface area contributed by atoms with Gasteiger partial charge in [0.05, 0.1) is 0 Å². The maximum Gasteiger partial charge on any atom is 0.573 e. The Morgan fingerprint density at radius 3 is 2.33 bits per heavy atom. The predicted molar refractivity (Wildman–Crippen MR) is 164 cm³/mol. The number of nitrogens with one attached hydrogen (secondary N) is 1. The molecular formula is C34H35F3N4O4. The first-order chi connectivity index (χ1) is 21.6. The van der Waals surface area contributed by atoms with Crippen LogP contribution in [0.25, 0.3) is 11.0 Å². The van der Waals surface area contributed by atoms with Crippen molar-refractivity contribution >= 4 is 28.5 Å². The van der Waals surface area contributed by atoms with Crippen molar-refractivity contribution in [3.05, 3.63) is 95.2 Å². The van der Waals surface area contributed by atoms with Gasteiger partial charge >= 0.3 is 6.36 Å². The van der Waals surface area contributed by atoms with Gasteiger partial charge in [-0.1, -0.05) is 24.3 Å². The highest BCUT2D eigenvalue weighted by Crippen LogP contribution is 2.25. The van der Waals surface area contributed by atoms with Crippen molar-refractivity contribution in [2.45, 2.75) is 38.7 Å². The third-order valence-electron chi connectivity index (χ3n) is 8.41. The number of amides is 2. The number of anilines is 1. The number of furan rings is 1. The molecular weight excluding hydrogens is 585 g/mol. The lowest BCUT2D eigenvalue weighted by atomic mass is 10.0. The zero-order chi connectivity index (χ0) is 31.6. The van der Waals surface area contributed by atoms with E-state index in [0.717, 1.165) is 44.6 Å². The number of rotatable bonds is 7. The molecule has 3 heterocycles. The van der Waals surface area contributed by atoms with Crippen LogP contribution in [0.2, 0.25) is 0 Å². The molecule has 45 heavy (non-hydrogen) atoms. The third-order valence-corrected chi connectivity index (χ3v) is 8.41. The van der Waals surface area contributed by atoms with E-state index in [1.54, 1.807) is 36.4 Å². The van der Waals surface area contributed by atoms with Crippen molar-refractivity contribution in [2.75, 3.05) is 44.2 Å². The van der Waals surface area contributed by atoms with E-state index in [0.29, 0.717) is 36.2 Å². The lowest BCUT2D eigenvalue weighted by Gasteiger charge is -2.36. The smallest absolute Gasteiger partial charge is 0.451 e. The largest absolute Gasteiger partial charge is 0.573 e. The molecule has 6 rings (SSSR count). The number of fused-ring (bicyclic) bond motifs is 1. The number of carbonyl (C=O) groups is 2. The van der Waals surface area contributed by atoms with E-state index < -0.39 is 6.36 Å². The summed E-state index contributed by atoms with van der Waals surface area (Å²) in [5, 5.41) is 3.76. The zero-order valence-electron chi connectivity index (χ0n) is 25.0. The molecule has 2 aliphatic heterocycles. The number of ether oxygens (including phenoxy) is 1. The topological polar surface area (TPSA) is 78.3 Å². The van der Waals surface area contributed by atoms with Crippen LogP contribution in [0.1, 0.15) is 44.9 Å². The summed E-state index contributed by atoms with van der Waals surface area (Å²) in [5.74, 6) is -0.380. The highest BCUT2D eigenvalue weighted by atomic mass is 19.4. The standard InChI is InChI=1S/C34H35F3N4O4/c1-23-3-2-4-28(19-23)40-15-17-41(18-16-40)33(43)25-7-10-30-26(20-25)21-31(44-30)32(42)38-27-11-13-39(14-12-27)22-24-5-8-29(9-6-24)45-34(35,36)37/h2-10,19-21,27H,11-18,22H2,1H3,(H,38,42). The number of benzene rings is 3. The number of nitrogens with zero attached hydrogens (tertiary/aromatic N) is 3. The number of likely N-dealkylation sites (tertiary alicyclic amines) is 1. The molecule has 2 amide bonds. The number of piperazine rings is 1. The van der Waals surface area contributed by atoms with Crippen molar-refractivity contribution in [1.29, 1.82) is 0 Å². The van der Waals surface area contributed by atoms with Crippen LogP contribution in [0.3, 0.4) is 0 Å². The molecule has 3 aromatic carbocycles. The average molecular weight is 621 g/mol. The van der Waals surface area contributed by atoms with Gasteiger partial charge in [0.1, 0.15) is 11.3 Å². The van der Waals surface area contributed by atoms with Gasteiger partial charge < -0.3 is 24.3 Å². The molecule has 2 fully saturated rings. The Labute approximate surface area is 259 Å². The maximum atomic E-state index is 13.3. The van der Waals surface area contributed by atoms with E-state index in [4.69, 9.17) is 4.42 Å². The van der Waals surface area contributed by atoms with Gasteiger partial charge in [0.2, 0.25) is 0 Å². The molecule has 0 unspecified atom stereocenters. The van der Waals surface area contributed by atoms with Crippen LogP contribution < -0.4 is 15.0 Å². The second-order valence-corrected chi connectivity index (χ2v) is 11.7. The van der Waals surface area contributed by atoms with Gasteiger partial charge in [0.15, 0.2) is 5.76 Å². The Kier molecular flexibility index (Phi) is 8.71. The number of alkyl halides is 3. The first-order valence-corrected chi connectivity index (χ1v) is 15.1. The number of halogens is 3. The van der Waals surface area contributed by atoms with E-state index in [-0.39, 0.29) is 29.4 Å². The molecule has 0 aliphatic carbocycles. The Morgan fingerprint density at radius 2 is 1.64 bits per heavy atom. The van der Waals surface area contributed by atoms with Crippen LogP contribution in [0, 0.1) is 6.92 Å². The summed E-state index contributed by atoms with van der Waals surface area (Å²) in [6.07, 6.45) is -3.24. The Morgan fingerprint density at radius 1 is 0.911 bits per heavy atom. The Balaban J connectivity index is 0.991. The Hall–Kier alpha value is -4.51. The van der Waals surface area contributed by atoms with Gasteiger partial charge in [-0.3, -0.25) is 14.5 Å². The lowest BCUT2D eigenvalue weighted by molar-refractivity contribution is -0.274. The first-order valence-electron chi connectivity index (χ1n) is 15.1. The molecule has 236 valence electrons. The summed E-state index contributed by atoms with van der Waals surface area (Å²) in [5.41, 5.74) is 4.38. The van der Waals surface area contributed by atoms with Gasteiger partial charge in [0.25, 0.3) is 11.8 Å². The minimum Gasteiger partial charge on any atom is -0.451 e. The summed E-state index contributed by atoms with van der Waals surface area (Å²) < 4.78 is 46.9. The summed E-state index contributed by atoms with van der Waals surface area (Å²) in [7, 11) is 0. The molecule has 0 saturated carbocycles. The van der Waals surface area contributed by atoms with Crippen LogP contribution in [0.4, 0.5) is 18.9 Å². The molecule has 8 nitrogen and oxygen atoms in total. The van der Waals surface area contributed by atoms with Crippen LogP contribution in [0.15, 0.2) is 77.2 Å². The molecule has 0 atom stereocenters. The fourth-order valence-corrected chi connectivity index (χ4v) is 6.01. The first kappa shape index (κ1) is 30.5. The van der Waals surface area contributed by atoms with Crippen molar-refractivity contribution in [3.63, 3.8) is 0 Å². The van der Waals surface area contributed by atoms with Crippen molar-refractivity contribution in [1.82, 2.24) is 15.1 Å². The molecule has 1 N–H and O–H groups in total. The summed E-state index contributed by atoms with van der Waals surface area (Å²) in [6, 6.07) is 21.2. The second kappa shape index (κ2) is 12.8. The Bertz CT molecular complexity index is 1650. The number of carbonyl (C=O) groups excluding carboxylic acids is 2. The second-order valence-electron chi connectivity index (χ2n) is 11.7. The highest BCUT2D eigenvalue weighted by molar-refractivity contribution is 6.00. The third kappa shape index (κ3) is 7.59. The minimum absolute atomic E-state index is 0.0277. The molecule has 0 bridgehead atoms. The lowest BCUT2D eigenvalue weighted by Crippen LogP contribution is -2.48. The van der Waals surface area contributed by atoms with Crippen LogP contribution in [-0.4, -0.2) is 73.3 Å². The molecule has 2 saturated heterocycles. The number of aryl methyl sites for hydroxylation is 1. The fourth-order valence-electron chi connectivity index (χ4n) is 6.01. The van der Waals surface area contributed by atoms with E-state index in [1.165, 1.54) is 23.4 Å². The van der Waals surface area contributed by atoms with Crippen molar-refractivity contribution < 1.29 is 31.9 Å². The van der Waals surface area contributed by atoms with Crippen LogP contribution >= 0.6 is 0 Å². The number of hydrogen-bond donors (Lipinski definition) is 1. The molecule has 4 aromatic rings. The molecule has 2 aliphatic rings. The van der Waals surface area contributed by atoms with Crippen LogP contribution in [-0.2, 0) is 6.54 Å².